The van der Waals surface area contributed by atoms with Gasteiger partial charge in [0, 0.05) is 30.5 Å². The molecule has 0 atom stereocenters. The van der Waals surface area contributed by atoms with Crippen LogP contribution in [0.1, 0.15) is 30.8 Å². The molecule has 0 saturated heterocycles. The van der Waals surface area contributed by atoms with Crippen molar-refractivity contribution in [2.75, 3.05) is 7.05 Å². The average molecular weight is 266 g/mol. The van der Waals surface area contributed by atoms with Crippen LogP contribution in [-0.2, 0) is 6.54 Å². The van der Waals surface area contributed by atoms with Crippen molar-refractivity contribution in [2.45, 2.75) is 34.2 Å². The van der Waals surface area contributed by atoms with Crippen molar-refractivity contribution in [3.8, 4) is 0 Å². The molecule has 0 aromatic carbocycles. The fourth-order valence-corrected chi connectivity index (χ4v) is 1.87. The highest BCUT2D eigenvalue weighted by Gasteiger charge is 2.08. The van der Waals surface area contributed by atoms with Gasteiger partial charge in [-0.2, -0.15) is 5.10 Å². The highest BCUT2D eigenvalue weighted by molar-refractivity contribution is 7.80. The molecule has 1 aromatic rings. The maximum atomic E-state index is 4.95. The first-order valence-corrected chi connectivity index (χ1v) is 6.54. The molecule has 0 aliphatic heterocycles. The average Bonchev–Trinajstić information content (AvgIpc) is 2.56. The monoisotopic (exact) mass is 266 g/mol. The highest BCUT2D eigenvalue weighted by Crippen LogP contribution is 2.15. The summed E-state index contributed by atoms with van der Waals surface area (Å²) in [6, 6.07) is 2.14. The molecule has 0 fully saturated rings. The third kappa shape index (κ3) is 3.84. The number of nitrogens with zero attached hydrogens (tertiary/aromatic N) is 2. The Kier molecular flexibility index (Phi) is 5.34. The van der Waals surface area contributed by atoms with E-state index in [4.69, 9.17) is 12.2 Å². The van der Waals surface area contributed by atoms with Gasteiger partial charge in [0.15, 0.2) is 5.11 Å². The van der Waals surface area contributed by atoms with Crippen molar-refractivity contribution in [3.63, 3.8) is 0 Å². The van der Waals surface area contributed by atoms with Crippen LogP contribution in [0.2, 0.25) is 0 Å². The lowest BCUT2D eigenvalue weighted by molar-refractivity contribution is 0.509. The molecule has 2 N–H and O–H groups in total. The number of aromatic nitrogens is 1. The molecule has 4 nitrogen and oxygen atoms in total. The fraction of sp³-hybridized carbons (Fsp3) is 0.538. The Hall–Kier alpha value is -1.36. The zero-order chi connectivity index (χ0) is 13.7. The van der Waals surface area contributed by atoms with E-state index in [-0.39, 0.29) is 0 Å². The van der Waals surface area contributed by atoms with Crippen molar-refractivity contribution in [1.82, 2.24) is 15.3 Å². The van der Waals surface area contributed by atoms with Gasteiger partial charge in [0.05, 0.1) is 6.21 Å². The molecule has 0 bridgehead atoms. The number of nitrogens with one attached hydrogen (secondary N) is 2. The standard InChI is InChI=1S/C13H22N4S/c1-9(2)8-17-10(3)6-12(11(17)4)7-15-16-13(18)14-5/h6-7,9H,8H2,1-5H3,(H2,14,16,18). The van der Waals surface area contributed by atoms with Gasteiger partial charge in [0.2, 0.25) is 0 Å². The fourth-order valence-electron chi connectivity index (χ4n) is 1.82. The van der Waals surface area contributed by atoms with Crippen LogP contribution in [0.25, 0.3) is 0 Å². The van der Waals surface area contributed by atoms with Crippen molar-refractivity contribution in [1.29, 1.82) is 0 Å². The van der Waals surface area contributed by atoms with Crippen LogP contribution >= 0.6 is 12.2 Å². The Bertz CT molecular complexity index is 446. The van der Waals surface area contributed by atoms with Crippen LogP contribution in [-0.4, -0.2) is 22.9 Å². The van der Waals surface area contributed by atoms with E-state index < -0.39 is 0 Å². The van der Waals surface area contributed by atoms with Crippen LogP contribution in [0.15, 0.2) is 11.2 Å². The number of hydrazone groups is 1. The number of hydrogen-bond acceptors (Lipinski definition) is 2. The van der Waals surface area contributed by atoms with Gasteiger partial charge in [-0.1, -0.05) is 13.8 Å². The quantitative estimate of drug-likeness (QED) is 0.499. The summed E-state index contributed by atoms with van der Waals surface area (Å²) in [5.41, 5.74) is 6.38. The van der Waals surface area contributed by atoms with Crippen LogP contribution in [0, 0.1) is 19.8 Å². The zero-order valence-electron chi connectivity index (χ0n) is 11.7. The molecule has 1 heterocycles. The molecular weight excluding hydrogens is 244 g/mol. The maximum Gasteiger partial charge on any atom is 0.186 e. The molecule has 0 aliphatic carbocycles. The molecular formula is C13H22N4S. The summed E-state index contributed by atoms with van der Waals surface area (Å²) in [5, 5.41) is 7.44. The molecule has 100 valence electrons. The van der Waals surface area contributed by atoms with E-state index >= 15 is 0 Å². The van der Waals surface area contributed by atoms with E-state index in [1.165, 1.54) is 11.4 Å². The minimum absolute atomic E-state index is 0.516. The second kappa shape index (κ2) is 6.54. The largest absolute Gasteiger partial charge is 0.364 e. The van der Waals surface area contributed by atoms with Crippen LogP contribution in [0.3, 0.4) is 0 Å². The van der Waals surface area contributed by atoms with E-state index in [2.05, 4.69) is 54.2 Å². The minimum atomic E-state index is 0.516. The second-order valence-corrected chi connectivity index (χ2v) is 5.19. The van der Waals surface area contributed by atoms with Gasteiger partial charge in [-0.05, 0) is 38.0 Å². The molecule has 5 heteroatoms. The topological polar surface area (TPSA) is 41.4 Å². The number of thiocarbonyl (C=S) groups is 1. The zero-order valence-corrected chi connectivity index (χ0v) is 12.6. The summed E-state index contributed by atoms with van der Waals surface area (Å²) in [6.07, 6.45) is 1.81. The predicted molar refractivity (Wildman–Crippen MR) is 81.1 cm³/mol. The first kappa shape index (κ1) is 14.7. The number of aryl methyl sites for hydroxylation is 1. The minimum Gasteiger partial charge on any atom is -0.364 e. The van der Waals surface area contributed by atoms with Gasteiger partial charge in [0.25, 0.3) is 0 Å². The molecule has 0 unspecified atom stereocenters. The molecule has 0 amide bonds. The molecule has 0 spiro atoms. The van der Waals surface area contributed by atoms with Crippen LogP contribution in [0.4, 0.5) is 0 Å². The molecule has 1 rings (SSSR count). The predicted octanol–water partition coefficient (Wildman–Crippen LogP) is 2.19. The maximum absolute atomic E-state index is 4.95. The van der Waals surface area contributed by atoms with E-state index in [0.717, 1.165) is 12.1 Å². The van der Waals surface area contributed by atoms with Gasteiger partial charge < -0.3 is 9.88 Å². The van der Waals surface area contributed by atoms with E-state index in [9.17, 15) is 0 Å². The molecule has 0 aliphatic rings. The van der Waals surface area contributed by atoms with Gasteiger partial charge in [-0.25, -0.2) is 0 Å². The molecule has 18 heavy (non-hydrogen) atoms. The van der Waals surface area contributed by atoms with Crippen LogP contribution < -0.4 is 10.7 Å². The summed E-state index contributed by atoms with van der Waals surface area (Å²) in [4.78, 5) is 0. The lowest BCUT2D eigenvalue weighted by Gasteiger charge is -2.11. The smallest absolute Gasteiger partial charge is 0.186 e. The van der Waals surface area contributed by atoms with Crippen molar-refractivity contribution < 1.29 is 0 Å². The molecule has 1 aromatic heterocycles. The van der Waals surface area contributed by atoms with Gasteiger partial charge in [0.1, 0.15) is 0 Å². The highest BCUT2D eigenvalue weighted by atomic mass is 32.1. The lowest BCUT2D eigenvalue weighted by Crippen LogP contribution is -2.28. The lowest BCUT2D eigenvalue weighted by atomic mass is 10.2. The van der Waals surface area contributed by atoms with Crippen molar-refractivity contribution in [3.05, 3.63) is 23.0 Å². The van der Waals surface area contributed by atoms with Crippen molar-refractivity contribution in [2.24, 2.45) is 11.0 Å². The Labute approximate surface area is 114 Å². The van der Waals surface area contributed by atoms with Crippen LogP contribution in [0.5, 0.6) is 0 Å². The number of hydrogen-bond donors (Lipinski definition) is 2. The molecule has 0 saturated carbocycles. The van der Waals surface area contributed by atoms with E-state index in [1.54, 1.807) is 7.05 Å². The third-order valence-electron chi connectivity index (χ3n) is 2.76. The normalized spacial score (nSPS) is 11.2. The second-order valence-electron chi connectivity index (χ2n) is 4.78. The first-order valence-electron chi connectivity index (χ1n) is 6.13. The third-order valence-corrected chi connectivity index (χ3v) is 3.05. The van der Waals surface area contributed by atoms with Gasteiger partial charge in [-0.15, -0.1) is 0 Å². The molecule has 0 radical (unpaired) electrons. The van der Waals surface area contributed by atoms with Crippen molar-refractivity contribution >= 4 is 23.5 Å². The summed E-state index contributed by atoms with van der Waals surface area (Å²) >= 11 is 4.95. The number of rotatable bonds is 4. The SMILES string of the molecule is CNC(=S)NN=Cc1cc(C)n(CC(C)C)c1C. The summed E-state index contributed by atoms with van der Waals surface area (Å²) in [7, 11) is 1.76. The van der Waals surface area contributed by atoms with Gasteiger partial charge in [-0.3, -0.25) is 5.43 Å². The Morgan fingerprint density at radius 2 is 2.17 bits per heavy atom. The Morgan fingerprint density at radius 1 is 1.50 bits per heavy atom. The Balaban J connectivity index is 2.82. The van der Waals surface area contributed by atoms with E-state index in [1.807, 2.05) is 6.21 Å². The van der Waals surface area contributed by atoms with E-state index in [0.29, 0.717) is 11.0 Å². The Morgan fingerprint density at radius 3 is 2.72 bits per heavy atom. The first-order chi connectivity index (χ1) is 8.45. The van der Waals surface area contributed by atoms with Gasteiger partial charge >= 0.3 is 0 Å². The summed E-state index contributed by atoms with van der Waals surface area (Å²) < 4.78 is 2.32. The summed E-state index contributed by atoms with van der Waals surface area (Å²) in [6.45, 7) is 9.72. The summed E-state index contributed by atoms with van der Waals surface area (Å²) in [5.74, 6) is 0.634.